The minimum absolute atomic E-state index is 0.201. The first-order valence-corrected chi connectivity index (χ1v) is 11.8. The maximum Gasteiger partial charge on any atom is 0.262 e. The van der Waals surface area contributed by atoms with Crippen LogP contribution < -0.4 is 5.32 Å². The zero-order chi connectivity index (χ0) is 21.6. The van der Waals surface area contributed by atoms with Crippen molar-refractivity contribution < 1.29 is 4.79 Å². The quantitative estimate of drug-likeness (QED) is 0.235. The van der Waals surface area contributed by atoms with Crippen LogP contribution in [0.15, 0.2) is 22.9 Å². The molecule has 0 saturated carbocycles. The first kappa shape index (κ1) is 25.3. The van der Waals surface area contributed by atoms with Gasteiger partial charge in [-0.2, -0.15) is 5.26 Å². The van der Waals surface area contributed by atoms with Crippen LogP contribution in [0.1, 0.15) is 92.4 Å². The standard InChI is InChI=1S/C25H43N3O/c1-6-7-8-9-15-27-25(29)24(19-26)22-11-10-12-23(18-22)28(16-13-20(2)3)17-14-21(4)5/h18,20-21H,6-17H2,1-5H3,(H,27,29). The predicted molar refractivity (Wildman–Crippen MR) is 122 cm³/mol. The topological polar surface area (TPSA) is 56.1 Å². The number of nitrogens with zero attached hydrogens (tertiary/aromatic N) is 2. The van der Waals surface area contributed by atoms with Gasteiger partial charge in [0, 0.05) is 25.3 Å². The third-order valence-corrected chi connectivity index (χ3v) is 5.55. The number of hydrogen-bond acceptors (Lipinski definition) is 3. The number of nitrogens with one attached hydrogen (secondary N) is 1. The van der Waals surface area contributed by atoms with Crippen LogP contribution in [0.3, 0.4) is 0 Å². The van der Waals surface area contributed by atoms with Crippen molar-refractivity contribution in [3.8, 4) is 6.07 Å². The van der Waals surface area contributed by atoms with Gasteiger partial charge in [0.05, 0.1) is 0 Å². The molecule has 0 aliphatic heterocycles. The van der Waals surface area contributed by atoms with Crippen LogP contribution in [-0.4, -0.2) is 30.4 Å². The molecule has 0 saturated heterocycles. The van der Waals surface area contributed by atoms with Crippen LogP contribution in [0.2, 0.25) is 0 Å². The van der Waals surface area contributed by atoms with E-state index < -0.39 is 0 Å². The molecule has 1 aliphatic rings. The Kier molecular flexibility index (Phi) is 12.4. The molecule has 0 aromatic heterocycles. The van der Waals surface area contributed by atoms with Crippen LogP contribution in [0, 0.1) is 23.2 Å². The molecule has 1 aliphatic carbocycles. The van der Waals surface area contributed by atoms with Crippen LogP contribution in [0.5, 0.6) is 0 Å². The van der Waals surface area contributed by atoms with E-state index in [1.165, 1.54) is 18.5 Å². The highest BCUT2D eigenvalue weighted by molar-refractivity contribution is 5.98. The second kappa shape index (κ2) is 14.3. The maximum atomic E-state index is 12.6. The average Bonchev–Trinajstić information content (AvgIpc) is 2.68. The molecular weight excluding hydrogens is 358 g/mol. The number of hydrogen-bond donors (Lipinski definition) is 1. The van der Waals surface area contributed by atoms with Crippen molar-refractivity contribution in [3.63, 3.8) is 0 Å². The molecule has 0 heterocycles. The van der Waals surface area contributed by atoms with Gasteiger partial charge in [-0.25, -0.2) is 0 Å². The van der Waals surface area contributed by atoms with Gasteiger partial charge in [-0.3, -0.25) is 4.79 Å². The number of carbonyl (C=O) groups excluding carboxylic acids is 1. The van der Waals surface area contributed by atoms with E-state index in [-0.39, 0.29) is 5.91 Å². The number of unbranched alkanes of at least 4 members (excludes halogenated alkanes) is 3. The Morgan fingerprint density at radius 3 is 2.31 bits per heavy atom. The lowest BCUT2D eigenvalue weighted by atomic mass is 9.93. The van der Waals surface area contributed by atoms with Gasteiger partial charge in [-0.1, -0.05) is 53.9 Å². The first-order valence-electron chi connectivity index (χ1n) is 11.8. The summed E-state index contributed by atoms with van der Waals surface area (Å²) in [5.41, 5.74) is 2.53. The van der Waals surface area contributed by atoms with Crippen LogP contribution >= 0.6 is 0 Å². The van der Waals surface area contributed by atoms with E-state index in [2.05, 4.69) is 57.0 Å². The molecule has 4 nitrogen and oxygen atoms in total. The molecule has 0 fully saturated rings. The van der Waals surface area contributed by atoms with Crippen LogP contribution in [0.25, 0.3) is 0 Å². The molecule has 29 heavy (non-hydrogen) atoms. The summed E-state index contributed by atoms with van der Waals surface area (Å²) in [5.74, 6) is 1.14. The third kappa shape index (κ3) is 10.0. The largest absolute Gasteiger partial charge is 0.375 e. The highest BCUT2D eigenvalue weighted by atomic mass is 16.1. The van der Waals surface area contributed by atoms with Crippen molar-refractivity contribution in [1.29, 1.82) is 5.26 Å². The Balaban J connectivity index is 2.90. The van der Waals surface area contributed by atoms with Crippen molar-refractivity contribution in [2.75, 3.05) is 19.6 Å². The number of nitriles is 1. The molecule has 0 aromatic carbocycles. The van der Waals surface area contributed by atoms with E-state index in [1.807, 2.05) is 0 Å². The Labute approximate surface area is 179 Å². The molecule has 0 atom stereocenters. The SMILES string of the molecule is CCCCCCNC(=O)C(C#N)=C1C=C(N(CCC(C)C)CCC(C)C)CCC1. The summed E-state index contributed by atoms with van der Waals surface area (Å²) in [7, 11) is 0. The smallest absolute Gasteiger partial charge is 0.262 e. The Morgan fingerprint density at radius 1 is 1.10 bits per heavy atom. The summed E-state index contributed by atoms with van der Waals surface area (Å²) >= 11 is 0. The second-order valence-electron chi connectivity index (χ2n) is 9.17. The minimum Gasteiger partial charge on any atom is -0.375 e. The molecule has 0 bridgehead atoms. The molecule has 1 rings (SSSR count). The summed E-state index contributed by atoms with van der Waals surface area (Å²) < 4.78 is 0. The highest BCUT2D eigenvalue weighted by Gasteiger charge is 2.20. The molecule has 1 N–H and O–H groups in total. The fourth-order valence-corrected chi connectivity index (χ4v) is 3.59. The highest BCUT2D eigenvalue weighted by Crippen LogP contribution is 2.28. The fourth-order valence-electron chi connectivity index (χ4n) is 3.59. The number of amides is 1. The van der Waals surface area contributed by atoms with E-state index in [9.17, 15) is 10.1 Å². The third-order valence-electron chi connectivity index (χ3n) is 5.55. The summed E-state index contributed by atoms with van der Waals surface area (Å²) in [4.78, 5) is 15.1. The van der Waals surface area contributed by atoms with Gasteiger partial charge in [0.1, 0.15) is 11.6 Å². The Bertz CT molecular complexity index is 584. The molecule has 0 spiro atoms. The number of allylic oxidation sites excluding steroid dienone is 3. The molecule has 0 aromatic rings. The zero-order valence-corrected chi connectivity index (χ0v) is 19.5. The van der Waals surface area contributed by atoms with Crippen molar-refractivity contribution in [3.05, 3.63) is 22.9 Å². The minimum atomic E-state index is -0.201. The van der Waals surface area contributed by atoms with Gasteiger partial charge < -0.3 is 10.2 Å². The molecule has 0 unspecified atom stereocenters. The maximum absolute atomic E-state index is 12.6. The van der Waals surface area contributed by atoms with Gasteiger partial charge >= 0.3 is 0 Å². The van der Waals surface area contributed by atoms with E-state index >= 15 is 0 Å². The van der Waals surface area contributed by atoms with Gasteiger partial charge in [0.25, 0.3) is 5.91 Å². The molecule has 0 radical (unpaired) electrons. The van der Waals surface area contributed by atoms with Crippen molar-refractivity contribution in [2.45, 2.75) is 92.4 Å². The lowest BCUT2D eigenvalue weighted by Gasteiger charge is -2.31. The fraction of sp³-hybridized carbons (Fsp3) is 0.760. The van der Waals surface area contributed by atoms with Gasteiger partial charge in [-0.05, 0) is 62.0 Å². The average molecular weight is 402 g/mol. The number of carbonyl (C=O) groups is 1. The van der Waals surface area contributed by atoms with Gasteiger partial charge in [0.15, 0.2) is 0 Å². The molecular formula is C25H43N3O. The molecule has 4 heteroatoms. The second-order valence-corrected chi connectivity index (χ2v) is 9.17. The monoisotopic (exact) mass is 401 g/mol. The van der Waals surface area contributed by atoms with E-state index in [4.69, 9.17) is 0 Å². The van der Waals surface area contributed by atoms with E-state index in [0.29, 0.717) is 24.0 Å². The normalized spacial score (nSPS) is 15.9. The van der Waals surface area contributed by atoms with E-state index in [0.717, 1.165) is 63.6 Å². The van der Waals surface area contributed by atoms with Crippen molar-refractivity contribution >= 4 is 5.91 Å². The van der Waals surface area contributed by atoms with Gasteiger partial charge in [0.2, 0.25) is 0 Å². The number of rotatable bonds is 13. The zero-order valence-electron chi connectivity index (χ0n) is 19.5. The Hall–Kier alpha value is -1.76. The van der Waals surface area contributed by atoms with Crippen LogP contribution in [0.4, 0.5) is 0 Å². The summed E-state index contributed by atoms with van der Waals surface area (Å²) in [6.45, 7) is 14.0. The van der Waals surface area contributed by atoms with Crippen molar-refractivity contribution in [2.24, 2.45) is 11.8 Å². The molecule has 164 valence electrons. The van der Waals surface area contributed by atoms with E-state index in [1.54, 1.807) is 0 Å². The summed E-state index contributed by atoms with van der Waals surface area (Å²) in [6, 6.07) is 2.19. The van der Waals surface area contributed by atoms with Crippen molar-refractivity contribution in [1.82, 2.24) is 10.2 Å². The lowest BCUT2D eigenvalue weighted by Crippen LogP contribution is -2.29. The summed E-state index contributed by atoms with van der Waals surface area (Å²) in [6.07, 6.45) is 11.8. The first-order chi connectivity index (χ1) is 13.9. The predicted octanol–water partition coefficient (Wildman–Crippen LogP) is 5.97. The van der Waals surface area contributed by atoms with Gasteiger partial charge in [-0.15, -0.1) is 0 Å². The summed E-state index contributed by atoms with van der Waals surface area (Å²) in [5, 5.41) is 12.6. The lowest BCUT2D eigenvalue weighted by molar-refractivity contribution is -0.117. The molecule has 1 amide bonds. The van der Waals surface area contributed by atoms with Crippen LogP contribution in [-0.2, 0) is 4.79 Å². The Morgan fingerprint density at radius 2 is 1.76 bits per heavy atom.